The number of benzene rings is 3. The van der Waals surface area contributed by atoms with E-state index in [1.807, 2.05) is 74.4 Å². The number of ketones is 1. The minimum Gasteiger partial charge on any atom is -0.477 e. The molecule has 0 saturated heterocycles. The van der Waals surface area contributed by atoms with E-state index < -0.39 is 0 Å². The van der Waals surface area contributed by atoms with E-state index in [0.29, 0.717) is 30.3 Å². The second-order valence-electron chi connectivity index (χ2n) is 8.96. The Kier molecular flexibility index (Phi) is 6.07. The quantitative estimate of drug-likeness (QED) is 0.442. The summed E-state index contributed by atoms with van der Waals surface area (Å²) in [6.07, 6.45) is 2.64. The summed E-state index contributed by atoms with van der Waals surface area (Å²) in [5, 5.41) is 0.785. The van der Waals surface area contributed by atoms with Crippen LogP contribution in [-0.4, -0.2) is 38.1 Å². The van der Waals surface area contributed by atoms with Crippen molar-refractivity contribution in [3.63, 3.8) is 0 Å². The molecule has 0 saturated carbocycles. The Morgan fingerprint density at radius 3 is 2.59 bits per heavy atom. The Morgan fingerprint density at radius 1 is 1.09 bits per heavy atom. The molecule has 5 rings (SSSR count). The van der Waals surface area contributed by atoms with Crippen LogP contribution in [0, 0.1) is 6.92 Å². The Hall–Kier alpha value is -3.28. The number of hydrogen-bond acceptors (Lipinski definition) is 5. The molecule has 2 heterocycles. The first-order valence-electron chi connectivity index (χ1n) is 11.4. The monoisotopic (exact) mass is 474 g/mol. The SMILES string of the molecule is Cc1c2c(cc3c1O/C(=C\c1ccc(N(C)C)cc1)C3=O)CN(CCc1ccccc1Cl)CO2. The van der Waals surface area contributed by atoms with Gasteiger partial charge in [-0.25, -0.2) is 0 Å². The number of Topliss-reactive ketones (excluding diaryl/α,β-unsaturated/α-hetero) is 1. The van der Waals surface area contributed by atoms with Gasteiger partial charge in [-0.05, 0) is 54.8 Å². The molecule has 34 heavy (non-hydrogen) atoms. The summed E-state index contributed by atoms with van der Waals surface area (Å²) in [6.45, 7) is 3.98. The molecule has 174 valence electrons. The molecule has 0 N–H and O–H groups in total. The van der Waals surface area contributed by atoms with Gasteiger partial charge in [0.05, 0.1) is 5.56 Å². The Balaban J connectivity index is 1.35. The van der Waals surface area contributed by atoms with Crippen LogP contribution < -0.4 is 14.4 Å². The molecular formula is C28H27ClN2O3. The summed E-state index contributed by atoms with van der Waals surface area (Å²) in [7, 11) is 4.00. The number of allylic oxidation sites excluding steroid dienone is 1. The average Bonchev–Trinajstić information content (AvgIpc) is 3.14. The van der Waals surface area contributed by atoms with Crippen molar-refractivity contribution in [1.82, 2.24) is 4.90 Å². The fourth-order valence-electron chi connectivity index (χ4n) is 4.44. The number of hydrogen-bond donors (Lipinski definition) is 0. The molecule has 0 spiro atoms. The predicted molar refractivity (Wildman–Crippen MR) is 136 cm³/mol. The number of carbonyl (C=O) groups excluding carboxylic acids is 1. The minimum absolute atomic E-state index is 0.0919. The maximum Gasteiger partial charge on any atom is 0.231 e. The molecule has 3 aromatic carbocycles. The molecule has 5 nitrogen and oxygen atoms in total. The fourth-order valence-corrected chi connectivity index (χ4v) is 4.67. The summed E-state index contributed by atoms with van der Waals surface area (Å²) in [5.41, 5.74) is 5.63. The van der Waals surface area contributed by atoms with Crippen LogP contribution in [0.25, 0.3) is 6.08 Å². The van der Waals surface area contributed by atoms with Gasteiger partial charge in [0.1, 0.15) is 18.2 Å². The number of carbonyl (C=O) groups is 1. The molecule has 0 aromatic heterocycles. The van der Waals surface area contributed by atoms with Gasteiger partial charge in [0.15, 0.2) is 5.76 Å². The molecule has 0 radical (unpaired) electrons. The highest BCUT2D eigenvalue weighted by Crippen LogP contribution is 2.43. The van der Waals surface area contributed by atoms with Crippen LogP contribution >= 0.6 is 11.6 Å². The van der Waals surface area contributed by atoms with Gasteiger partial charge in [0.25, 0.3) is 0 Å². The lowest BCUT2D eigenvalue weighted by molar-refractivity contribution is 0.0954. The van der Waals surface area contributed by atoms with Crippen molar-refractivity contribution in [2.45, 2.75) is 19.9 Å². The number of halogens is 1. The summed E-state index contributed by atoms with van der Waals surface area (Å²) >= 11 is 6.31. The van der Waals surface area contributed by atoms with Crippen molar-refractivity contribution < 1.29 is 14.3 Å². The molecule has 0 fully saturated rings. The first-order valence-corrected chi connectivity index (χ1v) is 11.7. The van der Waals surface area contributed by atoms with Gasteiger partial charge in [-0.2, -0.15) is 0 Å². The first kappa shape index (κ1) is 22.5. The third-order valence-corrected chi connectivity index (χ3v) is 6.73. The highest BCUT2D eigenvalue weighted by Gasteiger charge is 2.33. The van der Waals surface area contributed by atoms with Crippen LogP contribution in [0.5, 0.6) is 11.5 Å². The van der Waals surface area contributed by atoms with Crippen molar-refractivity contribution >= 4 is 29.1 Å². The number of rotatable bonds is 5. The summed E-state index contributed by atoms with van der Waals surface area (Å²) < 4.78 is 12.1. The van der Waals surface area contributed by atoms with Crippen LogP contribution in [-0.2, 0) is 13.0 Å². The Bertz CT molecular complexity index is 1280. The zero-order valence-electron chi connectivity index (χ0n) is 19.6. The second kappa shape index (κ2) is 9.16. The van der Waals surface area contributed by atoms with E-state index in [1.165, 1.54) is 0 Å². The van der Waals surface area contributed by atoms with E-state index in [9.17, 15) is 4.79 Å². The molecule has 3 aromatic rings. The molecule has 2 aliphatic heterocycles. The van der Waals surface area contributed by atoms with E-state index in [4.69, 9.17) is 21.1 Å². The predicted octanol–water partition coefficient (Wildman–Crippen LogP) is 5.73. The number of anilines is 1. The van der Waals surface area contributed by atoms with E-state index in [2.05, 4.69) is 11.0 Å². The zero-order valence-corrected chi connectivity index (χ0v) is 20.4. The highest BCUT2D eigenvalue weighted by atomic mass is 35.5. The largest absolute Gasteiger partial charge is 0.477 e. The van der Waals surface area contributed by atoms with Crippen LogP contribution in [0.3, 0.4) is 0 Å². The zero-order chi connectivity index (χ0) is 23.8. The van der Waals surface area contributed by atoms with E-state index >= 15 is 0 Å². The third-order valence-electron chi connectivity index (χ3n) is 6.36. The molecule has 0 unspecified atom stereocenters. The maximum atomic E-state index is 13.2. The number of ether oxygens (including phenoxy) is 2. The molecule has 0 aliphatic carbocycles. The normalized spacial score (nSPS) is 16.1. The average molecular weight is 475 g/mol. The van der Waals surface area contributed by atoms with E-state index in [-0.39, 0.29) is 5.78 Å². The van der Waals surface area contributed by atoms with Crippen molar-refractivity contribution in [3.8, 4) is 11.5 Å². The lowest BCUT2D eigenvalue weighted by Gasteiger charge is -2.30. The van der Waals surface area contributed by atoms with E-state index in [0.717, 1.165) is 51.7 Å². The van der Waals surface area contributed by atoms with Gasteiger partial charge >= 0.3 is 0 Å². The van der Waals surface area contributed by atoms with Crippen molar-refractivity contribution in [2.24, 2.45) is 0 Å². The number of fused-ring (bicyclic) bond motifs is 2. The van der Waals surface area contributed by atoms with Gasteiger partial charge in [0.2, 0.25) is 5.78 Å². The fraction of sp³-hybridized carbons (Fsp3) is 0.250. The Morgan fingerprint density at radius 2 is 1.85 bits per heavy atom. The van der Waals surface area contributed by atoms with Crippen molar-refractivity contribution in [2.75, 3.05) is 32.3 Å². The van der Waals surface area contributed by atoms with Gasteiger partial charge in [-0.15, -0.1) is 0 Å². The first-order chi connectivity index (χ1) is 16.4. The standard InChI is InChI=1S/C28H27ClN2O3/c1-18-27-21(16-31(17-33-27)13-12-20-6-4-5-7-24(20)29)15-23-26(32)25(34-28(18)23)14-19-8-10-22(11-9-19)30(2)3/h4-11,14-15H,12-13,16-17H2,1-3H3/b25-14-. The molecule has 2 aliphatic rings. The van der Waals surface area contributed by atoms with Gasteiger partial charge in [-0.1, -0.05) is 41.9 Å². The molecule has 0 amide bonds. The highest BCUT2D eigenvalue weighted by molar-refractivity contribution is 6.31. The molecule has 0 atom stereocenters. The van der Waals surface area contributed by atoms with Gasteiger partial charge in [0, 0.05) is 49.0 Å². The van der Waals surface area contributed by atoms with Crippen molar-refractivity contribution in [1.29, 1.82) is 0 Å². The lowest BCUT2D eigenvalue weighted by Crippen LogP contribution is -2.34. The Labute approximate surface area is 205 Å². The van der Waals surface area contributed by atoms with Crippen molar-refractivity contribution in [3.05, 3.63) is 93.2 Å². The lowest BCUT2D eigenvalue weighted by atomic mass is 10.00. The van der Waals surface area contributed by atoms with Crippen LogP contribution in [0.2, 0.25) is 5.02 Å². The van der Waals surface area contributed by atoms with Crippen LogP contribution in [0.1, 0.15) is 32.6 Å². The topological polar surface area (TPSA) is 42.0 Å². The summed E-state index contributed by atoms with van der Waals surface area (Å²) in [5.74, 6) is 1.67. The summed E-state index contributed by atoms with van der Waals surface area (Å²) in [6, 6.07) is 17.9. The van der Waals surface area contributed by atoms with Crippen LogP contribution in [0.15, 0.2) is 60.4 Å². The third kappa shape index (κ3) is 4.29. The second-order valence-corrected chi connectivity index (χ2v) is 9.37. The molecular weight excluding hydrogens is 448 g/mol. The summed E-state index contributed by atoms with van der Waals surface area (Å²) in [4.78, 5) is 17.4. The van der Waals surface area contributed by atoms with Crippen LogP contribution in [0.4, 0.5) is 5.69 Å². The van der Waals surface area contributed by atoms with Gasteiger partial charge < -0.3 is 14.4 Å². The molecule has 0 bridgehead atoms. The smallest absolute Gasteiger partial charge is 0.231 e. The number of nitrogens with zero attached hydrogens (tertiary/aromatic N) is 2. The van der Waals surface area contributed by atoms with E-state index in [1.54, 1.807) is 6.08 Å². The minimum atomic E-state index is -0.0919. The van der Waals surface area contributed by atoms with Gasteiger partial charge in [-0.3, -0.25) is 9.69 Å². The maximum absolute atomic E-state index is 13.2. The molecule has 6 heteroatoms.